The number of amides is 1. The number of carbonyl (C=O) groups is 1. The molecule has 3 aromatic rings. The Bertz CT molecular complexity index is 1070. The largest absolute Gasteiger partial charge is 0.506 e. The van der Waals surface area contributed by atoms with Crippen LogP contribution in [0.3, 0.4) is 0 Å². The van der Waals surface area contributed by atoms with E-state index in [1.165, 1.54) is 44.4 Å². The normalized spacial score (nSPS) is 11.7. The molecule has 0 aliphatic heterocycles. The highest BCUT2D eigenvalue weighted by atomic mass is 32.2. The van der Waals surface area contributed by atoms with Crippen LogP contribution in [-0.2, 0) is 10.0 Å². The third kappa shape index (κ3) is 3.26. The van der Waals surface area contributed by atoms with Gasteiger partial charge in [-0.1, -0.05) is 30.3 Å². The number of nitrogens with one attached hydrogen (secondary N) is 1. The van der Waals surface area contributed by atoms with E-state index < -0.39 is 15.9 Å². The van der Waals surface area contributed by atoms with Gasteiger partial charge in [0.15, 0.2) is 0 Å². The fourth-order valence-corrected chi connectivity index (χ4v) is 3.47. The van der Waals surface area contributed by atoms with Crippen molar-refractivity contribution < 1.29 is 18.3 Å². The zero-order valence-electron chi connectivity index (χ0n) is 14.3. The summed E-state index contributed by atoms with van der Waals surface area (Å²) in [7, 11) is -0.665. The standard InChI is InChI=1S/C19H18N2O4S/c1-21(2)26(24,25)15-10-7-14(8-11-15)19(23)20-18-16-6-4-3-5-13(16)9-12-17(18)22/h3-12,22H,1-2H3,(H,20,23). The molecule has 2 N–H and O–H groups in total. The number of carbonyl (C=O) groups excluding carboxylic acids is 1. The molecule has 0 aromatic heterocycles. The first kappa shape index (κ1) is 17.9. The Morgan fingerprint density at radius 3 is 2.27 bits per heavy atom. The smallest absolute Gasteiger partial charge is 0.255 e. The van der Waals surface area contributed by atoms with Crippen LogP contribution in [-0.4, -0.2) is 37.8 Å². The predicted molar refractivity (Wildman–Crippen MR) is 101 cm³/mol. The molecule has 0 aliphatic rings. The molecule has 1 amide bonds. The summed E-state index contributed by atoms with van der Waals surface area (Å²) in [5.74, 6) is -0.477. The van der Waals surface area contributed by atoms with Crippen molar-refractivity contribution in [1.29, 1.82) is 0 Å². The monoisotopic (exact) mass is 370 g/mol. The third-order valence-electron chi connectivity index (χ3n) is 4.04. The number of hydrogen-bond donors (Lipinski definition) is 2. The van der Waals surface area contributed by atoms with E-state index in [0.29, 0.717) is 11.1 Å². The van der Waals surface area contributed by atoms with Gasteiger partial charge in [-0.25, -0.2) is 12.7 Å². The van der Waals surface area contributed by atoms with E-state index in [1.54, 1.807) is 12.1 Å². The summed E-state index contributed by atoms with van der Waals surface area (Å²) in [4.78, 5) is 12.6. The molecule has 0 heterocycles. The molecule has 0 fully saturated rings. The SMILES string of the molecule is CN(C)S(=O)(=O)c1ccc(C(=O)Nc2c(O)ccc3ccccc23)cc1. The number of aromatic hydroxyl groups is 1. The lowest BCUT2D eigenvalue weighted by atomic mass is 10.1. The molecular weight excluding hydrogens is 352 g/mol. The van der Waals surface area contributed by atoms with Crippen LogP contribution in [0.4, 0.5) is 5.69 Å². The number of nitrogens with zero attached hydrogens (tertiary/aromatic N) is 1. The van der Waals surface area contributed by atoms with Gasteiger partial charge in [-0.05, 0) is 35.7 Å². The van der Waals surface area contributed by atoms with Crippen molar-refractivity contribution in [3.05, 3.63) is 66.2 Å². The van der Waals surface area contributed by atoms with Crippen molar-refractivity contribution in [1.82, 2.24) is 4.31 Å². The summed E-state index contributed by atoms with van der Waals surface area (Å²) >= 11 is 0. The molecular formula is C19H18N2O4S. The molecule has 6 nitrogen and oxygen atoms in total. The molecule has 134 valence electrons. The molecule has 0 atom stereocenters. The van der Waals surface area contributed by atoms with Gasteiger partial charge in [-0.2, -0.15) is 0 Å². The van der Waals surface area contributed by atoms with Crippen molar-refractivity contribution in [3.8, 4) is 5.75 Å². The second-order valence-electron chi connectivity index (χ2n) is 5.95. The van der Waals surface area contributed by atoms with Crippen LogP contribution in [0.5, 0.6) is 5.75 Å². The van der Waals surface area contributed by atoms with Crippen LogP contribution >= 0.6 is 0 Å². The molecule has 3 rings (SSSR count). The first-order valence-electron chi connectivity index (χ1n) is 7.85. The van der Waals surface area contributed by atoms with Gasteiger partial charge in [0.05, 0.1) is 10.6 Å². The van der Waals surface area contributed by atoms with Gasteiger partial charge < -0.3 is 10.4 Å². The molecule has 0 aliphatic carbocycles. The lowest BCUT2D eigenvalue weighted by Gasteiger charge is -2.13. The minimum atomic E-state index is -3.55. The topological polar surface area (TPSA) is 86.7 Å². The first-order valence-corrected chi connectivity index (χ1v) is 9.29. The Kier molecular flexibility index (Phi) is 4.67. The molecule has 0 saturated carbocycles. The highest BCUT2D eigenvalue weighted by Gasteiger charge is 2.18. The fraction of sp³-hybridized carbons (Fsp3) is 0.105. The number of benzene rings is 3. The minimum absolute atomic E-state index is 0.0381. The van der Waals surface area contributed by atoms with E-state index in [1.807, 2.05) is 18.2 Å². The van der Waals surface area contributed by atoms with Gasteiger partial charge in [0.1, 0.15) is 5.75 Å². The maximum Gasteiger partial charge on any atom is 0.255 e. The summed E-state index contributed by atoms with van der Waals surface area (Å²) in [5, 5.41) is 14.4. The summed E-state index contributed by atoms with van der Waals surface area (Å²) in [6, 6.07) is 16.3. The quantitative estimate of drug-likeness (QED) is 0.691. The summed E-state index contributed by atoms with van der Waals surface area (Å²) in [6.07, 6.45) is 0. The van der Waals surface area contributed by atoms with Gasteiger partial charge in [0.25, 0.3) is 5.91 Å². The lowest BCUT2D eigenvalue weighted by molar-refractivity contribution is 0.102. The number of sulfonamides is 1. The number of rotatable bonds is 4. The predicted octanol–water partition coefficient (Wildman–Crippen LogP) is 3.05. The van der Waals surface area contributed by atoms with Crippen LogP contribution in [0.1, 0.15) is 10.4 Å². The minimum Gasteiger partial charge on any atom is -0.506 e. The Morgan fingerprint density at radius 1 is 0.962 bits per heavy atom. The van der Waals surface area contributed by atoms with Crippen LogP contribution in [0.2, 0.25) is 0 Å². The number of phenols is 1. The average molecular weight is 370 g/mol. The maximum absolute atomic E-state index is 12.5. The Morgan fingerprint density at radius 2 is 1.62 bits per heavy atom. The van der Waals surface area contributed by atoms with Crippen molar-refractivity contribution in [2.75, 3.05) is 19.4 Å². The van der Waals surface area contributed by atoms with E-state index in [2.05, 4.69) is 5.32 Å². The van der Waals surface area contributed by atoms with E-state index in [4.69, 9.17) is 0 Å². The summed E-state index contributed by atoms with van der Waals surface area (Å²) < 4.78 is 25.3. The Labute approximate surface area is 151 Å². The van der Waals surface area contributed by atoms with Crippen LogP contribution in [0.15, 0.2) is 65.6 Å². The van der Waals surface area contributed by atoms with Crippen LogP contribution < -0.4 is 5.32 Å². The molecule has 3 aromatic carbocycles. The lowest BCUT2D eigenvalue weighted by Crippen LogP contribution is -2.22. The number of fused-ring (bicyclic) bond motifs is 1. The van der Waals surface area contributed by atoms with Gasteiger partial charge in [-0.3, -0.25) is 4.79 Å². The second kappa shape index (κ2) is 6.78. The van der Waals surface area contributed by atoms with Gasteiger partial charge >= 0.3 is 0 Å². The highest BCUT2D eigenvalue weighted by Crippen LogP contribution is 2.32. The summed E-state index contributed by atoms with van der Waals surface area (Å²) in [6.45, 7) is 0. The third-order valence-corrected chi connectivity index (χ3v) is 5.87. The van der Waals surface area contributed by atoms with Crippen molar-refractivity contribution in [3.63, 3.8) is 0 Å². The zero-order chi connectivity index (χ0) is 18.9. The average Bonchev–Trinajstić information content (AvgIpc) is 2.64. The maximum atomic E-state index is 12.5. The molecule has 7 heteroatoms. The Balaban J connectivity index is 1.91. The fourth-order valence-electron chi connectivity index (χ4n) is 2.57. The highest BCUT2D eigenvalue weighted by molar-refractivity contribution is 7.89. The van der Waals surface area contributed by atoms with Gasteiger partial charge in [-0.15, -0.1) is 0 Å². The molecule has 0 saturated heterocycles. The van der Waals surface area contributed by atoms with Crippen LogP contribution in [0, 0.1) is 0 Å². The van der Waals surface area contributed by atoms with Crippen molar-refractivity contribution in [2.24, 2.45) is 0 Å². The molecule has 26 heavy (non-hydrogen) atoms. The molecule has 0 radical (unpaired) electrons. The van der Waals surface area contributed by atoms with Crippen molar-refractivity contribution >= 4 is 32.4 Å². The van der Waals surface area contributed by atoms with E-state index in [0.717, 1.165) is 9.69 Å². The first-order chi connectivity index (χ1) is 12.3. The summed E-state index contributed by atoms with van der Waals surface area (Å²) in [5.41, 5.74) is 0.605. The Hall–Kier alpha value is -2.90. The van der Waals surface area contributed by atoms with E-state index in [9.17, 15) is 18.3 Å². The second-order valence-corrected chi connectivity index (χ2v) is 8.10. The number of anilines is 1. The van der Waals surface area contributed by atoms with E-state index in [-0.39, 0.29) is 16.2 Å². The van der Waals surface area contributed by atoms with Gasteiger partial charge in [0, 0.05) is 25.0 Å². The molecule has 0 unspecified atom stereocenters. The van der Waals surface area contributed by atoms with Crippen molar-refractivity contribution in [2.45, 2.75) is 4.90 Å². The van der Waals surface area contributed by atoms with Gasteiger partial charge in [0.2, 0.25) is 10.0 Å². The molecule has 0 spiro atoms. The van der Waals surface area contributed by atoms with E-state index >= 15 is 0 Å². The number of phenolic OH excluding ortho intramolecular Hbond substituents is 1. The molecule has 0 bridgehead atoms. The zero-order valence-corrected chi connectivity index (χ0v) is 15.1. The van der Waals surface area contributed by atoms with Crippen LogP contribution in [0.25, 0.3) is 10.8 Å². The number of hydrogen-bond acceptors (Lipinski definition) is 4.